The number of carbonyl (C=O) groups excluding carboxylic acids is 4. The summed E-state index contributed by atoms with van der Waals surface area (Å²) in [6.07, 6.45) is 7.90. The van der Waals surface area contributed by atoms with Gasteiger partial charge in [-0.15, -0.1) is 0 Å². The Labute approximate surface area is 158 Å². The van der Waals surface area contributed by atoms with Crippen molar-refractivity contribution in [3.63, 3.8) is 0 Å². The maximum Gasteiger partial charge on any atom is 0.325 e. The van der Waals surface area contributed by atoms with E-state index < -0.39 is 24.5 Å². The van der Waals surface area contributed by atoms with E-state index in [9.17, 15) is 19.2 Å². The zero-order valence-corrected chi connectivity index (χ0v) is 15.5. The highest BCUT2D eigenvalue weighted by molar-refractivity contribution is 5.97. The Morgan fingerprint density at radius 2 is 1.74 bits per heavy atom. The summed E-state index contributed by atoms with van der Waals surface area (Å²) < 4.78 is 4.88. The fraction of sp³-hybridized carbons (Fsp3) is 0.789. The number of hydrogen-bond acceptors (Lipinski definition) is 5. The molecule has 148 valence electrons. The van der Waals surface area contributed by atoms with E-state index in [-0.39, 0.29) is 24.4 Å². The Bertz CT molecular complexity index is 626. The number of amides is 4. The van der Waals surface area contributed by atoms with Crippen LogP contribution in [0.3, 0.4) is 0 Å². The number of imide groups is 1. The van der Waals surface area contributed by atoms with Crippen molar-refractivity contribution >= 4 is 23.8 Å². The van der Waals surface area contributed by atoms with Crippen LogP contribution in [0.1, 0.15) is 44.9 Å². The second kappa shape index (κ2) is 7.13. The maximum atomic E-state index is 12.4. The minimum absolute atomic E-state index is 0.112. The highest BCUT2D eigenvalue weighted by Gasteiger charge is 2.51. The molecule has 1 aliphatic heterocycles. The second-order valence-electron chi connectivity index (χ2n) is 8.81. The van der Waals surface area contributed by atoms with Gasteiger partial charge in [-0.05, 0) is 61.7 Å². The molecule has 0 atom stereocenters. The van der Waals surface area contributed by atoms with Crippen LogP contribution < -0.4 is 10.6 Å². The maximum absolute atomic E-state index is 12.4. The zero-order chi connectivity index (χ0) is 19.0. The Morgan fingerprint density at radius 1 is 1.11 bits per heavy atom. The van der Waals surface area contributed by atoms with Crippen LogP contribution >= 0.6 is 0 Å². The average Bonchev–Trinajstić information content (AvgIpc) is 3.02. The third-order valence-corrected chi connectivity index (χ3v) is 6.64. The van der Waals surface area contributed by atoms with Crippen molar-refractivity contribution < 1.29 is 23.9 Å². The normalized spacial score (nSPS) is 33.7. The van der Waals surface area contributed by atoms with Gasteiger partial charge in [0.2, 0.25) is 5.91 Å². The van der Waals surface area contributed by atoms with Gasteiger partial charge in [0.05, 0.1) is 0 Å². The summed E-state index contributed by atoms with van der Waals surface area (Å²) in [7, 11) is 0. The molecule has 0 aromatic rings. The van der Waals surface area contributed by atoms with Crippen molar-refractivity contribution in [2.24, 2.45) is 23.2 Å². The summed E-state index contributed by atoms with van der Waals surface area (Å²) in [6, 6.07) is -0.472. The number of rotatable bonds is 6. The predicted molar refractivity (Wildman–Crippen MR) is 94.3 cm³/mol. The van der Waals surface area contributed by atoms with Gasteiger partial charge in [-0.3, -0.25) is 19.3 Å². The molecule has 5 fully saturated rings. The molecule has 5 aliphatic rings. The molecule has 4 saturated carbocycles. The van der Waals surface area contributed by atoms with Crippen LogP contribution in [0.2, 0.25) is 0 Å². The summed E-state index contributed by atoms with van der Waals surface area (Å²) in [6.45, 7) is -0.0578. The molecule has 0 spiro atoms. The fourth-order valence-corrected chi connectivity index (χ4v) is 6.06. The van der Waals surface area contributed by atoms with E-state index in [1.165, 1.54) is 19.3 Å². The summed E-state index contributed by atoms with van der Waals surface area (Å²) in [5.74, 6) is 1.01. The van der Waals surface area contributed by atoms with Gasteiger partial charge in [0.15, 0.2) is 6.61 Å². The van der Waals surface area contributed by atoms with E-state index in [1.54, 1.807) is 0 Å². The Kier molecular flexibility index (Phi) is 4.82. The highest BCUT2D eigenvalue weighted by atomic mass is 16.5. The quantitative estimate of drug-likeness (QED) is 0.667. The number of urea groups is 1. The van der Waals surface area contributed by atoms with Gasteiger partial charge in [-0.25, -0.2) is 4.79 Å². The Hall–Kier alpha value is -2.12. The van der Waals surface area contributed by atoms with Gasteiger partial charge in [0.1, 0.15) is 6.54 Å². The molecule has 4 aliphatic carbocycles. The molecule has 0 unspecified atom stereocenters. The monoisotopic (exact) mass is 377 g/mol. The summed E-state index contributed by atoms with van der Waals surface area (Å²) >= 11 is 0. The van der Waals surface area contributed by atoms with Crippen LogP contribution in [0.4, 0.5) is 4.79 Å². The van der Waals surface area contributed by atoms with Crippen LogP contribution in [0.5, 0.6) is 0 Å². The van der Waals surface area contributed by atoms with Crippen LogP contribution in [0, 0.1) is 23.2 Å². The number of ether oxygens (including phenoxy) is 1. The molecule has 1 saturated heterocycles. The van der Waals surface area contributed by atoms with Crippen molar-refractivity contribution in [1.29, 1.82) is 0 Å². The van der Waals surface area contributed by atoms with Gasteiger partial charge in [0.25, 0.3) is 5.91 Å². The lowest BCUT2D eigenvalue weighted by atomic mass is 9.49. The molecule has 1 heterocycles. The number of nitrogens with zero attached hydrogens (tertiary/aromatic N) is 1. The Morgan fingerprint density at radius 3 is 2.30 bits per heavy atom. The highest BCUT2D eigenvalue weighted by Crippen LogP contribution is 2.61. The number of esters is 1. The van der Waals surface area contributed by atoms with Crippen molar-refractivity contribution in [1.82, 2.24) is 15.5 Å². The van der Waals surface area contributed by atoms with Crippen molar-refractivity contribution in [2.45, 2.75) is 44.9 Å². The molecule has 8 heteroatoms. The molecule has 0 aromatic carbocycles. The van der Waals surface area contributed by atoms with Crippen LogP contribution in [-0.4, -0.2) is 55.0 Å². The molecule has 4 bridgehead atoms. The standard InChI is InChI=1S/C19H27N3O5/c23-15(9-19-6-12-3-13(7-19)5-14(4-12)8-19)21-10-17(25)27-11-16(24)22-2-1-20-18(22)26/h12-14H,1-11H2,(H,20,26)(H,21,23). The molecular weight excluding hydrogens is 350 g/mol. The first kappa shape index (κ1) is 18.3. The van der Waals surface area contributed by atoms with E-state index in [2.05, 4.69) is 10.6 Å². The summed E-state index contributed by atoms with van der Waals surface area (Å²) in [5, 5.41) is 5.15. The molecular formula is C19H27N3O5. The summed E-state index contributed by atoms with van der Waals surface area (Å²) in [5.41, 5.74) is 0.127. The van der Waals surface area contributed by atoms with Crippen molar-refractivity contribution in [2.75, 3.05) is 26.2 Å². The van der Waals surface area contributed by atoms with E-state index in [0.717, 1.165) is 41.9 Å². The molecule has 5 rings (SSSR count). The molecule has 0 radical (unpaired) electrons. The third kappa shape index (κ3) is 3.94. The van der Waals surface area contributed by atoms with E-state index in [4.69, 9.17) is 4.74 Å². The number of hydrogen-bond donors (Lipinski definition) is 2. The van der Waals surface area contributed by atoms with E-state index in [0.29, 0.717) is 13.0 Å². The lowest BCUT2D eigenvalue weighted by molar-refractivity contribution is -0.150. The molecule has 2 N–H and O–H groups in total. The fourth-order valence-electron chi connectivity index (χ4n) is 6.06. The first-order chi connectivity index (χ1) is 12.9. The largest absolute Gasteiger partial charge is 0.454 e. The molecule has 8 nitrogen and oxygen atoms in total. The molecule has 4 amide bonds. The van der Waals surface area contributed by atoms with Gasteiger partial charge in [-0.2, -0.15) is 0 Å². The minimum atomic E-state index is -0.665. The number of carbonyl (C=O) groups is 4. The van der Waals surface area contributed by atoms with Crippen LogP contribution in [-0.2, 0) is 19.1 Å². The third-order valence-electron chi connectivity index (χ3n) is 6.64. The minimum Gasteiger partial charge on any atom is -0.454 e. The van der Waals surface area contributed by atoms with Gasteiger partial charge >= 0.3 is 12.0 Å². The number of nitrogens with one attached hydrogen (secondary N) is 2. The first-order valence-corrected chi connectivity index (χ1v) is 9.93. The molecule has 27 heavy (non-hydrogen) atoms. The van der Waals surface area contributed by atoms with Crippen LogP contribution in [0.25, 0.3) is 0 Å². The van der Waals surface area contributed by atoms with Crippen molar-refractivity contribution in [3.05, 3.63) is 0 Å². The smallest absolute Gasteiger partial charge is 0.325 e. The van der Waals surface area contributed by atoms with Crippen molar-refractivity contribution in [3.8, 4) is 0 Å². The lowest BCUT2D eigenvalue weighted by Crippen LogP contribution is -2.48. The Balaban J connectivity index is 1.19. The van der Waals surface area contributed by atoms with Gasteiger partial charge in [-0.1, -0.05) is 0 Å². The van der Waals surface area contributed by atoms with E-state index in [1.807, 2.05) is 0 Å². The molecule has 0 aromatic heterocycles. The first-order valence-electron chi connectivity index (χ1n) is 9.93. The topological polar surface area (TPSA) is 105 Å². The van der Waals surface area contributed by atoms with E-state index >= 15 is 0 Å². The van der Waals surface area contributed by atoms with Gasteiger partial charge in [0, 0.05) is 19.5 Å². The SMILES string of the molecule is O=C(CC12CC3CC(CC(C3)C1)C2)NCC(=O)OCC(=O)N1CCNC1=O. The summed E-state index contributed by atoms with van der Waals surface area (Å²) in [4.78, 5) is 48.4. The van der Waals surface area contributed by atoms with Gasteiger partial charge < -0.3 is 15.4 Å². The average molecular weight is 377 g/mol. The second-order valence-corrected chi connectivity index (χ2v) is 8.81. The zero-order valence-electron chi connectivity index (χ0n) is 15.5. The van der Waals surface area contributed by atoms with Crippen LogP contribution in [0.15, 0.2) is 0 Å². The lowest BCUT2D eigenvalue weighted by Gasteiger charge is -2.56. The predicted octanol–water partition coefficient (Wildman–Crippen LogP) is 0.804.